The summed E-state index contributed by atoms with van der Waals surface area (Å²) >= 11 is 0. The highest BCUT2D eigenvalue weighted by molar-refractivity contribution is 5.91. The maximum absolute atomic E-state index is 12.2. The van der Waals surface area contributed by atoms with Crippen molar-refractivity contribution in [2.45, 2.75) is 6.54 Å². The van der Waals surface area contributed by atoms with Crippen LogP contribution >= 0.6 is 0 Å². The van der Waals surface area contributed by atoms with E-state index in [9.17, 15) is 4.79 Å². The van der Waals surface area contributed by atoms with Crippen molar-refractivity contribution in [3.63, 3.8) is 0 Å². The number of rotatable bonds is 7. The lowest BCUT2D eigenvalue weighted by Crippen LogP contribution is -2.33. The van der Waals surface area contributed by atoms with Gasteiger partial charge in [0.15, 0.2) is 5.69 Å². The molecule has 0 saturated heterocycles. The van der Waals surface area contributed by atoms with E-state index in [0.29, 0.717) is 18.8 Å². The predicted octanol–water partition coefficient (Wildman–Crippen LogP) is 1.63. The van der Waals surface area contributed by atoms with E-state index in [-0.39, 0.29) is 5.91 Å². The average molecular weight is 313 g/mol. The fraction of sp³-hybridized carbons (Fsp3) is 0.353. The minimum absolute atomic E-state index is 0.106. The fourth-order valence-electron chi connectivity index (χ4n) is 1.99. The summed E-state index contributed by atoms with van der Waals surface area (Å²) in [4.78, 5) is 15.9. The first-order valence-electron chi connectivity index (χ1n) is 7.58. The molecule has 1 aromatic carbocycles. The van der Waals surface area contributed by atoms with Crippen LogP contribution in [0.1, 0.15) is 16.1 Å². The zero-order chi connectivity index (χ0) is 16.7. The number of nitrogens with zero attached hydrogens (tertiary/aromatic N) is 5. The molecule has 0 atom stereocenters. The first-order chi connectivity index (χ1) is 11.1. The number of hydrogen-bond donors (Lipinski definition) is 0. The van der Waals surface area contributed by atoms with Gasteiger partial charge in [0.2, 0.25) is 0 Å². The Morgan fingerprint density at radius 2 is 1.91 bits per heavy atom. The number of hydrogen-bond acceptors (Lipinski definition) is 4. The molecular weight excluding hydrogens is 290 g/mol. The SMILES string of the molecule is CN(C)CCN(C)C(=O)c1cn(CC=Cc2ccccc2)nn1. The van der Waals surface area contributed by atoms with Crippen molar-refractivity contribution in [1.29, 1.82) is 0 Å². The number of amides is 1. The number of likely N-dealkylation sites (N-methyl/N-ethyl adjacent to an activating group) is 2. The second-order valence-electron chi connectivity index (χ2n) is 5.67. The van der Waals surface area contributed by atoms with E-state index in [0.717, 1.165) is 12.1 Å². The molecule has 6 heteroatoms. The third kappa shape index (κ3) is 5.34. The first kappa shape index (κ1) is 16.9. The molecule has 2 rings (SSSR count). The second-order valence-corrected chi connectivity index (χ2v) is 5.67. The van der Waals surface area contributed by atoms with Crippen molar-refractivity contribution in [2.24, 2.45) is 0 Å². The predicted molar refractivity (Wildman–Crippen MR) is 91.0 cm³/mol. The van der Waals surface area contributed by atoms with Crippen LogP contribution in [0.2, 0.25) is 0 Å². The van der Waals surface area contributed by atoms with Gasteiger partial charge in [-0.15, -0.1) is 5.10 Å². The molecule has 0 aliphatic carbocycles. The number of carbonyl (C=O) groups is 1. The van der Waals surface area contributed by atoms with Crippen LogP contribution in [0.3, 0.4) is 0 Å². The highest BCUT2D eigenvalue weighted by Crippen LogP contribution is 2.03. The van der Waals surface area contributed by atoms with Gasteiger partial charge in [-0.3, -0.25) is 4.79 Å². The molecule has 0 N–H and O–H groups in total. The van der Waals surface area contributed by atoms with Gasteiger partial charge >= 0.3 is 0 Å². The van der Waals surface area contributed by atoms with Gasteiger partial charge < -0.3 is 9.80 Å². The van der Waals surface area contributed by atoms with Crippen LogP contribution in [0, 0.1) is 0 Å². The van der Waals surface area contributed by atoms with Gasteiger partial charge in [-0.25, -0.2) is 4.68 Å². The van der Waals surface area contributed by atoms with Crippen molar-refractivity contribution in [3.8, 4) is 0 Å². The third-order valence-electron chi connectivity index (χ3n) is 3.39. The minimum Gasteiger partial charge on any atom is -0.339 e. The van der Waals surface area contributed by atoms with E-state index in [4.69, 9.17) is 0 Å². The van der Waals surface area contributed by atoms with Gasteiger partial charge in [-0.1, -0.05) is 47.7 Å². The maximum Gasteiger partial charge on any atom is 0.275 e. The number of benzene rings is 1. The van der Waals surface area contributed by atoms with Crippen LogP contribution in [-0.2, 0) is 6.54 Å². The van der Waals surface area contributed by atoms with Crippen molar-refractivity contribution in [2.75, 3.05) is 34.2 Å². The number of allylic oxidation sites excluding steroid dienone is 1. The summed E-state index contributed by atoms with van der Waals surface area (Å²) in [6, 6.07) is 10.0. The van der Waals surface area contributed by atoms with Gasteiger partial charge in [0, 0.05) is 20.1 Å². The molecule has 0 spiro atoms. The lowest BCUT2D eigenvalue weighted by atomic mass is 10.2. The van der Waals surface area contributed by atoms with E-state index < -0.39 is 0 Å². The summed E-state index contributed by atoms with van der Waals surface area (Å²) in [5.41, 5.74) is 1.51. The quantitative estimate of drug-likeness (QED) is 0.779. The van der Waals surface area contributed by atoms with Crippen LogP contribution in [0.5, 0.6) is 0 Å². The smallest absolute Gasteiger partial charge is 0.275 e. The molecule has 2 aromatic rings. The monoisotopic (exact) mass is 313 g/mol. The zero-order valence-corrected chi connectivity index (χ0v) is 13.9. The molecule has 0 aliphatic heterocycles. The summed E-state index contributed by atoms with van der Waals surface area (Å²) in [5.74, 6) is -0.106. The molecule has 0 fully saturated rings. The third-order valence-corrected chi connectivity index (χ3v) is 3.39. The van der Waals surface area contributed by atoms with Crippen LogP contribution in [-0.4, -0.2) is 64.9 Å². The zero-order valence-electron chi connectivity index (χ0n) is 13.9. The van der Waals surface area contributed by atoms with Gasteiger partial charge in [0.25, 0.3) is 5.91 Å². The number of carbonyl (C=O) groups excluding carboxylic acids is 1. The maximum atomic E-state index is 12.2. The van der Waals surface area contributed by atoms with Crippen molar-refractivity contribution < 1.29 is 4.79 Å². The Bertz CT molecular complexity index is 648. The van der Waals surface area contributed by atoms with Gasteiger partial charge in [0.1, 0.15) is 0 Å². The molecule has 0 radical (unpaired) electrons. The summed E-state index contributed by atoms with van der Waals surface area (Å²) in [7, 11) is 5.74. The van der Waals surface area contributed by atoms with E-state index in [2.05, 4.69) is 10.3 Å². The topological polar surface area (TPSA) is 54.3 Å². The summed E-state index contributed by atoms with van der Waals surface area (Å²) in [5, 5.41) is 7.97. The van der Waals surface area contributed by atoms with Crippen LogP contribution in [0.15, 0.2) is 42.6 Å². The Hall–Kier alpha value is -2.47. The molecule has 0 unspecified atom stereocenters. The molecule has 122 valence electrons. The molecule has 1 amide bonds. The van der Waals surface area contributed by atoms with Crippen molar-refractivity contribution >= 4 is 12.0 Å². The van der Waals surface area contributed by atoms with E-state index >= 15 is 0 Å². The molecule has 0 saturated carbocycles. The number of aromatic nitrogens is 3. The Kier molecular flexibility index (Phi) is 6.05. The molecule has 1 aromatic heterocycles. The van der Waals surface area contributed by atoms with Gasteiger partial charge in [-0.2, -0.15) is 0 Å². The largest absolute Gasteiger partial charge is 0.339 e. The van der Waals surface area contributed by atoms with Crippen LogP contribution in [0.4, 0.5) is 0 Å². The molecule has 23 heavy (non-hydrogen) atoms. The average Bonchev–Trinajstić information content (AvgIpc) is 3.01. The molecular formula is C17H23N5O. The Morgan fingerprint density at radius 1 is 1.17 bits per heavy atom. The first-order valence-corrected chi connectivity index (χ1v) is 7.58. The van der Waals surface area contributed by atoms with Gasteiger partial charge in [0.05, 0.1) is 12.7 Å². The summed E-state index contributed by atoms with van der Waals surface area (Å²) in [6.07, 6.45) is 5.70. The summed E-state index contributed by atoms with van der Waals surface area (Å²) in [6.45, 7) is 2.05. The lowest BCUT2D eigenvalue weighted by Gasteiger charge is -2.18. The minimum atomic E-state index is -0.106. The highest BCUT2D eigenvalue weighted by Gasteiger charge is 2.15. The normalized spacial score (nSPS) is 11.3. The lowest BCUT2D eigenvalue weighted by molar-refractivity contribution is 0.0780. The highest BCUT2D eigenvalue weighted by atomic mass is 16.2. The summed E-state index contributed by atoms with van der Waals surface area (Å²) < 4.78 is 1.66. The Balaban J connectivity index is 1.90. The van der Waals surface area contributed by atoms with E-state index in [1.54, 1.807) is 22.8 Å². The standard InChI is InChI=1S/C17H23N5O/c1-20(2)12-13-21(3)17(23)16-14-22(19-18-16)11-7-10-15-8-5-4-6-9-15/h4-10,14H,11-13H2,1-3H3. The van der Waals surface area contributed by atoms with E-state index in [1.165, 1.54) is 0 Å². The van der Waals surface area contributed by atoms with Crippen molar-refractivity contribution in [3.05, 3.63) is 53.9 Å². The van der Waals surface area contributed by atoms with Crippen LogP contribution in [0.25, 0.3) is 6.08 Å². The molecule has 6 nitrogen and oxygen atoms in total. The van der Waals surface area contributed by atoms with Crippen molar-refractivity contribution in [1.82, 2.24) is 24.8 Å². The fourth-order valence-corrected chi connectivity index (χ4v) is 1.99. The molecule has 0 bridgehead atoms. The Morgan fingerprint density at radius 3 is 2.61 bits per heavy atom. The van der Waals surface area contributed by atoms with Crippen LogP contribution < -0.4 is 0 Å². The van der Waals surface area contributed by atoms with E-state index in [1.807, 2.05) is 61.5 Å². The molecule has 0 aliphatic rings. The van der Waals surface area contributed by atoms with Gasteiger partial charge in [-0.05, 0) is 19.7 Å². The second kappa shape index (κ2) is 8.24. The molecule has 1 heterocycles. The Labute approximate surface area is 137 Å².